The van der Waals surface area contributed by atoms with Crippen molar-refractivity contribution in [3.63, 3.8) is 0 Å². The highest BCUT2D eigenvalue weighted by Gasteiger charge is 2.10. The molecule has 2 rings (SSSR count). The van der Waals surface area contributed by atoms with Gasteiger partial charge in [0.25, 0.3) is 0 Å². The third kappa shape index (κ3) is 2.45. The van der Waals surface area contributed by atoms with Crippen molar-refractivity contribution in [1.29, 1.82) is 0 Å². The van der Waals surface area contributed by atoms with Gasteiger partial charge in [-0.05, 0) is 25.9 Å². The third-order valence-electron chi connectivity index (χ3n) is 2.43. The van der Waals surface area contributed by atoms with Gasteiger partial charge >= 0.3 is 6.01 Å². The third-order valence-corrected chi connectivity index (χ3v) is 2.43. The topological polar surface area (TPSA) is 54.2 Å². The van der Waals surface area contributed by atoms with Gasteiger partial charge in [-0.3, -0.25) is 0 Å². The first-order valence-corrected chi connectivity index (χ1v) is 5.11. The molecule has 0 saturated carbocycles. The molecule has 0 atom stereocenters. The second kappa shape index (κ2) is 4.41. The smallest absolute Gasteiger partial charge is 0.315 e. The summed E-state index contributed by atoms with van der Waals surface area (Å²) in [7, 11) is 0. The first kappa shape index (κ1) is 9.45. The molecule has 5 heteroatoms. The molecular weight excluding hydrogens is 180 g/mol. The van der Waals surface area contributed by atoms with Crippen molar-refractivity contribution in [1.82, 2.24) is 15.1 Å². The van der Waals surface area contributed by atoms with E-state index in [2.05, 4.69) is 20.4 Å². The van der Waals surface area contributed by atoms with Gasteiger partial charge in [0.05, 0.1) is 0 Å². The number of nitrogens with zero attached hydrogens (tertiary/aromatic N) is 3. The molecular formula is C9H16N4O. The fourth-order valence-corrected chi connectivity index (χ4v) is 1.70. The predicted molar refractivity (Wildman–Crippen MR) is 53.2 cm³/mol. The van der Waals surface area contributed by atoms with Gasteiger partial charge in [0.2, 0.25) is 5.89 Å². The van der Waals surface area contributed by atoms with Crippen LogP contribution in [-0.2, 0) is 0 Å². The maximum absolute atomic E-state index is 5.20. The largest absolute Gasteiger partial charge is 0.408 e. The number of nitrogens with one attached hydrogen (secondary N) is 1. The van der Waals surface area contributed by atoms with Crippen LogP contribution in [0.2, 0.25) is 0 Å². The highest BCUT2D eigenvalue weighted by Crippen LogP contribution is 2.07. The standard InChI is InChI=1S/C9H16N4O/c1-8-11-12-9(14-8)10-4-7-13-5-2-3-6-13/h2-7H2,1H3,(H,10,12). The molecule has 0 amide bonds. The second-order valence-corrected chi connectivity index (χ2v) is 3.60. The summed E-state index contributed by atoms with van der Waals surface area (Å²) in [6.45, 7) is 6.18. The minimum atomic E-state index is 0.529. The molecule has 14 heavy (non-hydrogen) atoms. The number of anilines is 1. The van der Waals surface area contributed by atoms with E-state index in [4.69, 9.17) is 4.42 Å². The number of aryl methyl sites for hydroxylation is 1. The van der Waals surface area contributed by atoms with Gasteiger partial charge in [-0.15, -0.1) is 5.10 Å². The van der Waals surface area contributed by atoms with Gasteiger partial charge in [-0.25, -0.2) is 0 Å². The molecule has 1 fully saturated rings. The van der Waals surface area contributed by atoms with Crippen molar-refractivity contribution >= 4 is 6.01 Å². The Morgan fingerprint density at radius 2 is 2.14 bits per heavy atom. The van der Waals surface area contributed by atoms with E-state index < -0.39 is 0 Å². The fraction of sp³-hybridized carbons (Fsp3) is 0.778. The quantitative estimate of drug-likeness (QED) is 0.775. The first-order valence-electron chi connectivity index (χ1n) is 5.11. The lowest BCUT2D eigenvalue weighted by Gasteiger charge is -2.13. The van der Waals surface area contributed by atoms with E-state index in [1.54, 1.807) is 6.92 Å². The number of hydrogen-bond acceptors (Lipinski definition) is 5. The van der Waals surface area contributed by atoms with Gasteiger partial charge in [-0.1, -0.05) is 5.10 Å². The average Bonchev–Trinajstić information content (AvgIpc) is 2.77. The Kier molecular flexibility index (Phi) is 2.98. The summed E-state index contributed by atoms with van der Waals surface area (Å²) in [5.74, 6) is 0.605. The van der Waals surface area contributed by atoms with Gasteiger partial charge < -0.3 is 14.6 Å². The van der Waals surface area contributed by atoms with Crippen LogP contribution in [-0.4, -0.2) is 41.3 Å². The lowest BCUT2D eigenvalue weighted by atomic mass is 10.4. The Bertz CT molecular complexity index is 280. The van der Waals surface area contributed by atoms with Crippen molar-refractivity contribution < 1.29 is 4.42 Å². The fourth-order valence-electron chi connectivity index (χ4n) is 1.70. The Morgan fingerprint density at radius 3 is 2.79 bits per heavy atom. The second-order valence-electron chi connectivity index (χ2n) is 3.60. The lowest BCUT2D eigenvalue weighted by molar-refractivity contribution is 0.351. The highest BCUT2D eigenvalue weighted by atomic mass is 16.4. The molecule has 1 aliphatic rings. The summed E-state index contributed by atoms with van der Waals surface area (Å²) in [6, 6.07) is 0.529. The Morgan fingerprint density at radius 1 is 1.36 bits per heavy atom. The minimum absolute atomic E-state index is 0.529. The van der Waals surface area contributed by atoms with Crippen LogP contribution in [0.3, 0.4) is 0 Å². The van der Waals surface area contributed by atoms with E-state index in [-0.39, 0.29) is 0 Å². The van der Waals surface area contributed by atoms with Crippen LogP contribution in [0.4, 0.5) is 6.01 Å². The van der Waals surface area contributed by atoms with Crippen LogP contribution in [0.15, 0.2) is 4.42 Å². The van der Waals surface area contributed by atoms with E-state index in [0.717, 1.165) is 13.1 Å². The van der Waals surface area contributed by atoms with E-state index in [1.807, 2.05) is 0 Å². The molecule has 1 N–H and O–H groups in total. The highest BCUT2D eigenvalue weighted by molar-refractivity contribution is 5.16. The van der Waals surface area contributed by atoms with Crippen molar-refractivity contribution in [2.75, 3.05) is 31.5 Å². The molecule has 2 heterocycles. The Hall–Kier alpha value is -1.10. The molecule has 78 valence electrons. The predicted octanol–water partition coefficient (Wildman–Crippen LogP) is 0.886. The van der Waals surface area contributed by atoms with Gasteiger partial charge in [-0.2, -0.15) is 0 Å². The summed E-state index contributed by atoms with van der Waals surface area (Å²) in [5.41, 5.74) is 0. The summed E-state index contributed by atoms with van der Waals surface area (Å²) >= 11 is 0. The van der Waals surface area contributed by atoms with E-state index in [9.17, 15) is 0 Å². The summed E-state index contributed by atoms with van der Waals surface area (Å²) in [6.07, 6.45) is 2.67. The lowest BCUT2D eigenvalue weighted by Crippen LogP contribution is -2.25. The van der Waals surface area contributed by atoms with Crippen LogP contribution in [0, 0.1) is 6.92 Å². The average molecular weight is 196 g/mol. The zero-order valence-corrected chi connectivity index (χ0v) is 8.49. The molecule has 0 spiro atoms. The molecule has 1 aromatic heterocycles. The van der Waals surface area contributed by atoms with Crippen molar-refractivity contribution in [2.24, 2.45) is 0 Å². The first-order chi connectivity index (χ1) is 6.84. The van der Waals surface area contributed by atoms with Crippen molar-refractivity contribution in [3.8, 4) is 0 Å². The summed E-state index contributed by atoms with van der Waals surface area (Å²) in [4.78, 5) is 2.44. The number of hydrogen-bond donors (Lipinski definition) is 1. The monoisotopic (exact) mass is 196 g/mol. The van der Waals surface area contributed by atoms with Crippen LogP contribution in [0.5, 0.6) is 0 Å². The Balaban J connectivity index is 1.67. The number of rotatable bonds is 4. The number of aromatic nitrogens is 2. The van der Waals surface area contributed by atoms with Crippen LogP contribution < -0.4 is 5.32 Å². The zero-order chi connectivity index (χ0) is 9.80. The van der Waals surface area contributed by atoms with E-state index in [1.165, 1.54) is 25.9 Å². The van der Waals surface area contributed by atoms with E-state index in [0.29, 0.717) is 11.9 Å². The maximum Gasteiger partial charge on any atom is 0.315 e. The van der Waals surface area contributed by atoms with Gasteiger partial charge in [0.15, 0.2) is 0 Å². The normalized spacial score (nSPS) is 17.5. The van der Waals surface area contributed by atoms with Crippen LogP contribution in [0.1, 0.15) is 18.7 Å². The molecule has 0 bridgehead atoms. The molecule has 1 saturated heterocycles. The van der Waals surface area contributed by atoms with E-state index >= 15 is 0 Å². The molecule has 1 aromatic rings. The molecule has 0 unspecified atom stereocenters. The van der Waals surface area contributed by atoms with Gasteiger partial charge in [0.1, 0.15) is 0 Å². The zero-order valence-electron chi connectivity index (χ0n) is 8.49. The maximum atomic E-state index is 5.20. The molecule has 1 aliphatic heterocycles. The molecule has 0 radical (unpaired) electrons. The molecule has 5 nitrogen and oxygen atoms in total. The molecule has 0 aliphatic carbocycles. The summed E-state index contributed by atoms with van der Waals surface area (Å²) in [5, 5.41) is 10.7. The van der Waals surface area contributed by atoms with Crippen molar-refractivity contribution in [3.05, 3.63) is 5.89 Å². The van der Waals surface area contributed by atoms with Crippen LogP contribution in [0.25, 0.3) is 0 Å². The molecule has 0 aromatic carbocycles. The minimum Gasteiger partial charge on any atom is -0.408 e. The summed E-state index contributed by atoms with van der Waals surface area (Å²) < 4.78 is 5.20. The Labute approximate surface area is 83.5 Å². The number of likely N-dealkylation sites (tertiary alicyclic amines) is 1. The van der Waals surface area contributed by atoms with Crippen molar-refractivity contribution in [2.45, 2.75) is 19.8 Å². The SMILES string of the molecule is Cc1nnc(NCCN2CCCC2)o1. The van der Waals surface area contributed by atoms with Crippen LogP contribution >= 0.6 is 0 Å². The van der Waals surface area contributed by atoms with Gasteiger partial charge in [0, 0.05) is 20.0 Å².